The number of pyridine rings is 1. The molecule has 5 nitrogen and oxygen atoms in total. The molecule has 2 bridgehead atoms. The number of aromatic nitrogens is 1. The maximum absolute atomic E-state index is 12.6. The summed E-state index contributed by atoms with van der Waals surface area (Å²) >= 11 is 0. The molecule has 0 amide bonds. The van der Waals surface area contributed by atoms with Gasteiger partial charge < -0.3 is 14.8 Å². The summed E-state index contributed by atoms with van der Waals surface area (Å²) in [6.45, 7) is 3.91. The van der Waals surface area contributed by atoms with Crippen molar-refractivity contribution in [2.24, 2.45) is 5.92 Å². The Morgan fingerprint density at radius 2 is 2.15 bits per heavy atom. The second-order valence-corrected chi connectivity index (χ2v) is 5.45. The van der Waals surface area contributed by atoms with Crippen molar-refractivity contribution in [1.29, 1.82) is 0 Å². The summed E-state index contributed by atoms with van der Waals surface area (Å²) in [5.41, 5.74) is 0.680. The van der Waals surface area contributed by atoms with Crippen LogP contribution in [0.2, 0.25) is 0 Å². The van der Waals surface area contributed by atoms with Crippen LogP contribution < -0.4 is 10.1 Å². The molecule has 2 unspecified atom stereocenters. The molecule has 1 aromatic rings. The molecular weight excluding hydrogens is 256 g/mol. The van der Waals surface area contributed by atoms with E-state index in [4.69, 9.17) is 9.47 Å². The largest absolute Gasteiger partial charge is 0.478 e. The molecule has 0 radical (unpaired) electrons. The topological polar surface area (TPSA) is 60.5 Å². The van der Waals surface area contributed by atoms with Gasteiger partial charge in [-0.3, -0.25) is 4.79 Å². The molecule has 3 rings (SSSR count). The van der Waals surface area contributed by atoms with Gasteiger partial charge in [0.1, 0.15) is 0 Å². The molecule has 3 heterocycles. The Morgan fingerprint density at radius 3 is 2.75 bits per heavy atom. The summed E-state index contributed by atoms with van der Waals surface area (Å²) < 4.78 is 10.8. The van der Waals surface area contributed by atoms with E-state index in [1.165, 1.54) is 0 Å². The van der Waals surface area contributed by atoms with Crippen molar-refractivity contribution in [2.45, 2.75) is 31.8 Å². The molecule has 1 aromatic heterocycles. The minimum absolute atomic E-state index is 0.0786. The van der Waals surface area contributed by atoms with Crippen molar-refractivity contribution >= 4 is 5.78 Å². The summed E-state index contributed by atoms with van der Waals surface area (Å²) in [4.78, 5) is 16.7. The van der Waals surface area contributed by atoms with Gasteiger partial charge in [0.15, 0.2) is 5.78 Å². The van der Waals surface area contributed by atoms with Crippen LogP contribution in [-0.4, -0.2) is 42.7 Å². The Kier molecular flexibility index (Phi) is 3.98. The minimum Gasteiger partial charge on any atom is -0.478 e. The highest BCUT2D eigenvalue weighted by Crippen LogP contribution is 2.27. The van der Waals surface area contributed by atoms with E-state index in [1.54, 1.807) is 12.3 Å². The van der Waals surface area contributed by atoms with Crippen LogP contribution in [0.1, 0.15) is 30.1 Å². The normalized spacial score (nSPS) is 28.9. The standard InChI is InChI=1S/C15H20N2O3/c1-2-20-14-4-3-10(7-16-14)15(18)11-5-12-8-19-9-13(6-11)17-12/h3-4,7,11-13,17H,2,5-6,8-9H2,1H3. The summed E-state index contributed by atoms with van der Waals surface area (Å²) in [5.74, 6) is 0.841. The minimum atomic E-state index is 0.0786. The molecule has 20 heavy (non-hydrogen) atoms. The molecule has 2 aliphatic rings. The first-order valence-corrected chi connectivity index (χ1v) is 7.23. The fraction of sp³-hybridized carbons (Fsp3) is 0.600. The van der Waals surface area contributed by atoms with Gasteiger partial charge in [0, 0.05) is 35.8 Å². The number of carbonyl (C=O) groups is 1. The molecule has 5 heteroatoms. The molecule has 108 valence electrons. The number of piperidine rings is 1. The maximum atomic E-state index is 12.6. The first-order chi connectivity index (χ1) is 9.76. The van der Waals surface area contributed by atoms with Crippen molar-refractivity contribution in [3.05, 3.63) is 23.9 Å². The number of nitrogens with zero attached hydrogens (tertiary/aromatic N) is 1. The zero-order valence-electron chi connectivity index (χ0n) is 11.7. The molecular formula is C15H20N2O3. The zero-order chi connectivity index (χ0) is 13.9. The predicted molar refractivity (Wildman–Crippen MR) is 74.0 cm³/mol. The van der Waals surface area contributed by atoms with Crippen LogP contribution in [0.5, 0.6) is 5.88 Å². The molecule has 2 fully saturated rings. The van der Waals surface area contributed by atoms with Gasteiger partial charge >= 0.3 is 0 Å². The van der Waals surface area contributed by atoms with Gasteiger partial charge in [0.25, 0.3) is 0 Å². The van der Waals surface area contributed by atoms with Crippen LogP contribution in [-0.2, 0) is 4.74 Å². The highest BCUT2D eigenvalue weighted by Gasteiger charge is 2.35. The van der Waals surface area contributed by atoms with Crippen LogP contribution in [0.3, 0.4) is 0 Å². The van der Waals surface area contributed by atoms with E-state index in [0.29, 0.717) is 43.3 Å². The molecule has 2 aliphatic heterocycles. The van der Waals surface area contributed by atoms with E-state index in [-0.39, 0.29) is 11.7 Å². The van der Waals surface area contributed by atoms with Crippen LogP contribution in [0.4, 0.5) is 0 Å². The Balaban J connectivity index is 1.68. The van der Waals surface area contributed by atoms with E-state index in [9.17, 15) is 4.79 Å². The zero-order valence-corrected chi connectivity index (χ0v) is 11.7. The third kappa shape index (κ3) is 2.83. The van der Waals surface area contributed by atoms with Gasteiger partial charge in [0.05, 0.1) is 19.8 Å². The van der Waals surface area contributed by atoms with Gasteiger partial charge in [-0.15, -0.1) is 0 Å². The van der Waals surface area contributed by atoms with Gasteiger partial charge in [-0.1, -0.05) is 0 Å². The van der Waals surface area contributed by atoms with Crippen molar-refractivity contribution < 1.29 is 14.3 Å². The SMILES string of the molecule is CCOc1ccc(C(=O)C2CC3COCC(C2)N3)cn1. The third-order valence-corrected chi connectivity index (χ3v) is 3.93. The van der Waals surface area contributed by atoms with E-state index in [2.05, 4.69) is 10.3 Å². The average molecular weight is 276 g/mol. The van der Waals surface area contributed by atoms with Crippen LogP contribution in [0.25, 0.3) is 0 Å². The molecule has 0 aromatic carbocycles. The van der Waals surface area contributed by atoms with E-state index < -0.39 is 0 Å². The maximum Gasteiger partial charge on any atom is 0.213 e. The van der Waals surface area contributed by atoms with Crippen molar-refractivity contribution in [3.63, 3.8) is 0 Å². The molecule has 0 aliphatic carbocycles. The number of fused-ring (bicyclic) bond motifs is 2. The summed E-state index contributed by atoms with van der Waals surface area (Å²) in [6, 6.07) is 4.20. The Morgan fingerprint density at radius 1 is 1.40 bits per heavy atom. The Labute approximate surface area is 118 Å². The van der Waals surface area contributed by atoms with E-state index in [1.807, 2.05) is 13.0 Å². The van der Waals surface area contributed by atoms with Crippen LogP contribution >= 0.6 is 0 Å². The number of ketones is 1. The average Bonchev–Trinajstić information content (AvgIpc) is 2.47. The van der Waals surface area contributed by atoms with Gasteiger partial charge in [-0.2, -0.15) is 0 Å². The lowest BCUT2D eigenvalue weighted by Gasteiger charge is -2.39. The number of morpholine rings is 1. The molecule has 1 N–H and O–H groups in total. The number of nitrogens with one attached hydrogen (secondary N) is 1. The first kappa shape index (κ1) is 13.5. The highest BCUT2D eigenvalue weighted by atomic mass is 16.5. The lowest BCUT2D eigenvalue weighted by atomic mass is 9.82. The number of carbonyl (C=O) groups excluding carboxylic acids is 1. The van der Waals surface area contributed by atoms with Crippen LogP contribution in [0, 0.1) is 5.92 Å². The van der Waals surface area contributed by atoms with Gasteiger partial charge in [0.2, 0.25) is 5.88 Å². The number of hydrogen-bond donors (Lipinski definition) is 1. The van der Waals surface area contributed by atoms with Crippen molar-refractivity contribution in [2.75, 3.05) is 19.8 Å². The number of hydrogen-bond acceptors (Lipinski definition) is 5. The van der Waals surface area contributed by atoms with Crippen LogP contribution in [0.15, 0.2) is 18.3 Å². The summed E-state index contributed by atoms with van der Waals surface area (Å²) in [7, 11) is 0. The lowest BCUT2D eigenvalue weighted by Crippen LogP contribution is -2.55. The fourth-order valence-corrected chi connectivity index (χ4v) is 3.05. The Bertz CT molecular complexity index is 463. The van der Waals surface area contributed by atoms with Gasteiger partial charge in [-0.05, 0) is 25.8 Å². The van der Waals surface area contributed by atoms with Crippen molar-refractivity contribution in [1.82, 2.24) is 10.3 Å². The monoisotopic (exact) mass is 276 g/mol. The number of Topliss-reactive ketones (excluding diaryl/α,β-unsaturated/α-hetero) is 1. The quantitative estimate of drug-likeness (QED) is 0.843. The smallest absolute Gasteiger partial charge is 0.213 e. The summed E-state index contributed by atoms with van der Waals surface area (Å²) in [6.07, 6.45) is 3.33. The lowest BCUT2D eigenvalue weighted by molar-refractivity contribution is 0.00952. The summed E-state index contributed by atoms with van der Waals surface area (Å²) in [5, 5.41) is 3.50. The fourth-order valence-electron chi connectivity index (χ4n) is 3.05. The predicted octanol–water partition coefficient (Wildman–Crippen LogP) is 1.43. The second kappa shape index (κ2) is 5.89. The third-order valence-electron chi connectivity index (χ3n) is 3.93. The second-order valence-electron chi connectivity index (χ2n) is 5.45. The molecule has 0 saturated carbocycles. The Hall–Kier alpha value is -1.46. The molecule has 2 atom stereocenters. The molecule has 2 saturated heterocycles. The highest BCUT2D eigenvalue weighted by molar-refractivity contribution is 5.97. The van der Waals surface area contributed by atoms with E-state index in [0.717, 1.165) is 12.8 Å². The number of ether oxygens (including phenoxy) is 2. The van der Waals surface area contributed by atoms with E-state index >= 15 is 0 Å². The number of rotatable bonds is 4. The molecule has 0 spiro atoms. The van der Waals surface area contributed by atoms with Gasteiger partial charge in [-0.25, -0.2) is 4.98 Å². The first-order valence-electron chi connectivity index (χ1n) is 7.23. The van der Waals surface area contributed by atoms with Crippen molar-refractivity contribution in [3.8, 4) is 5.88 Å².